The second-order valence-electron chi connectivity index (χ2n) is 7.35. The molecule has 1 aliphatic heterocycles. The van der Waals surface area contributed by atoms with E-state index in [0.717, 1.165) is 28.5 Å². The summed E-state index contributed by atoms with van der Waals surface area (Å²) in [6.07, 6.45) is -4.48. The summed E-state index contributed by atoms with van der Waals surface area (Å²) in [5.41, 5.74) is 0.957. The number of halogens is 3. The van der Waals surface area contributed by atoms with Crippen LogP contribution in [-0.2, 0) is 10.7 Å². The molecular formula is C24H17F3NOP. The number of nitrogens with zero attached hydrogens (tertiary/aromatic N) is 1. The summed E-state index contributed by atoms with van der Waals surface area (Å²) >= 11 is 0. The minimum Gasteiger partial charge on any atom is -0.318 e. The Hall–Kier alpha value is -3.04. The van der Waals surface area contributed by atoms with Gasteiger partial charge in [-0.25, -0.2) is 0 Å². The third-order valence-electron chi connectivity index (χ3n) is 5.71. The molecule has 1 unspecified atom stereocenters. The van der Waals surface area contributed by atoms with Gasteiger partial charge in [-0.1, -0.05) is 54.6 Å². The smallest absolute Gasteiger partial charge is 0.318 e. The Balaban J connectivity index is 1.92. The van der Waals surface area contributed by atoms with Crippen molar-refractivity contribution in [2.75, 3.05) is 11.7 Å². The molecule has 0 spiro atoms. The molecule has 0 radical (unpaired) electrons. The number of hydrogen-bond acceptors (Lipinski definition) is 1. The van der Waals surface area contributed by atoms with Crippen molar-refractivity contribution >= 4 is 34.4 Å². The maximum Gasteiger partial charge on any atom is 0.416 e. The second-order valence-corrected chi connectivity index (χ2v) is 10.1. The maximum atomic E-state index is 14.6. The molecule has 30 heavy (non-hydrogen) atoms. The summed E-state index contributed by atoms with van der Waals surface area (Å²) in [5.74, 6) is 0. The Morgan fingerprint density at radius 3 is 2.27 bits per heavy atom. The number of fused-ring (bicyclic) bond motifs is 5. The molecule has 150 valence electrons. The predicted octanol–water partition coefficient (Wildman–Crippen LogP) is 6.20. The quantitative estimate of drug-likeness (QED) is 0.340. The molecule has 1 heterocycles. The van der Waals surface area contributed by atoms with Crippen molar-refractivity contribution < 1.29 is 17.7 Å². The van der Waals surface area contributed by atoms with Crippen LogP contribution < -0.4 is 15.3 Å². The lowest BCUT2D eigenvalue weighted by Crippen LogP contribution is -2.34. The van der Waals surface area contributed by atoms with Crippen molar-refractivity contribution in [1.29, 1.82) is 0 Å². The highest BCUT2D eigenvalue weighted by atomic mass is 31.2. The number of hydrogen-bond donors (Lipinski definition) is 0. The van der Waals surface area contributed by atoms with Crippen LogP contribution in [0.25, 0.3) is 21.9 Å². The third kappa shape index (κ3) is 2.62. The minimum absolute atomic E-state index is 0.320. The molecule has 0 saturated heterocycles. The maximum absolute atomic E-state index is 14.6. The summed E-state index contributed by atoms with van der Waals surface area (Å²) in [7, 11) is -1.77. The molecule has 0 amide bonds. The fraction of sp³-hybridized carbons (Fsp3) is 0.0833. The largest absolute Gasteiger partial charge is 0.416 e. The third-order valence-corrected chi connectivity index (χ3v) is 8.79. The highest BCUT2D eigenvalue weighted by Gasteiger charge is 2.42. The number of anilines is 1. The lowest BCUT2D eigenvalue weighted by Gasteiger charge is -2.38. The van der Waals surface area contributed by atoms with Gasteiger partial charge in [0.05, 0.1) is 11.3 Å². The molecule has 4 aromatic rings. The first-order chi connectivity index (χ1) is 14.3. The van der Waals surface area contributed by atoms with Crippen LogP contribution in [0.1, 0.15) is 5.56 Å². The van der Waals surface area contributed by atoms with Gasteiger partial charge in [-0.2, -0.15) is 13.2 Å². The highest BCUT2D eigenvalue weighted by molar-refractivity contribution is 7.80. The lowest BCUT2D eigenvalue weighted by atomic mass is 9.95. The normalized spacial score (nSPS) is 18.2. The van der Waals surface area contributed by atoms with E-state index in [1.807, 2.05) is 42.5 Å². The molecule has 2 nitrogen and oxygen atoms in total. The van der Waals surface area contributed by atoms with Crippen LogP contribution >= 0.6 is 7.29 Å². The van der Waals surface area contributed by atoms with Gasteiger partial charge in [0.1, 0.15) is 0 Å². The standard InChI is InChI=1S/C24H17F3NOP/c1-28-21-15-17(24(25,26)27)12-13-20(21)23-19-10-6-5-7-16(19)11-14-22(23)30(28,29)18-8-3-2-4-9-18/h2-15H,1H3. The molecule has 0 fully saturated rings. The van der Waals surface area contributed by atoms with Crippen molar-refractivity contribution in [2.24, 2.45) is 0 Å². The topological polar surface area (TPSA) is 20.3 Å². The summed E-state index contributed by atoms with van der Waals surface area (Å²) in [6, 6.07) is 24.1. The number of rotatable bonds is 1. The predicted molar refractivity (Wildman–Crippen MR) is 116 cm³/mol. The molecule has 4 aromatic carbocycles. The molecule has 1 atom stereocenters. The van der Waals surface area contributed by atoms with Crippen LogP contribution in [0, 0.1) is 0 Å². The van der Waals surface area contributed by atoms with Crippen molar-refractivity contribution in [1.82, 2.24) is 0 Å². The van der Waals surface area contributed by atoms with Gasteiger partial charge in [-0.05, 0) is 41.1 Å². The average molecular weight is 423 g/mol. The second kappa shape index (κ2) is 6.48. The van der Waals surface area contributed by atoms with Crippen LogP contribution in [0.3, 0.4) is 0 Å². The van der Waals surface area contributed by atoms with Crippen molar-refractivity contribution in [3.8, 4) is 11.1 Å². The van der Waals surface area contributed by atoms with E-state index >= 15 is 0 Å². The van der Waals surface area contributed by atoms with Gasteiger partial charge in [0.2, 0.25) is 7.29 Å². The first-order valence-corrected chi connectivity index (χ1v) is 11.1. The van der Waals surface area contributed by atoms with Crippen molar-refractivity contribution in [3.05, 3.63) is 90.5 Å². The Morgan fingerprint density at radius 1 is 0.833 bits per heavy atom. The summed E-state index contributed by atoms with van der Waals surface area (Å²) in [5, 5.41) is 3.06. The minimum atomic E-state index is -4.48. The molecule has 0 bridgehead atoms. The first-order valence-electron chi connectivity index (χ1n) is 9.45. The molecule has 1 aliphatic rings. The van der Waals surface area contributed by atoms with Crippen LogP contribution in [0.2, 0.25) is 0 Å². The van der Waals surface area contributed by atoms with Crippen molar-refractivity contribution in [3.63, 3.8) is 0 Å². The van der Waals surface area contributed by atoms with E-state index < -0.39 is 19.0 Å². The van der Waals surface area contributed by atoms with E-state index in [1.54, 1.807) is 31.3 Å². The van der Waals surface area contributed by atoms with Crippen LogP contribution in [-0.4, -0.2) is 7.05 Å². The molecule has 0 N–H and O–H groups in total. The molecule has 0 saturated carbocycles. The highest BCUT2D eigenvalue weighted by Crippen LogP contribution is 2.58. The van der Waals surface area contributed by atoms with Crippen molar-refractivity contribution in [2.45, 2.75) is 6.18 Å². The van der Waals surface area contributed by atoms with E-state index in [0.29, 0.717) is 21.9 Å². The average Bonchev–Trinajstić information content (AvgIpc) is 2.76. The Kier molecular flexibility index (Phi) is 4.09. The first kappa shape index (κ1) is 19.0. The Labute approximate surface area is 172 Å². The van der Waals surface area contributed by atoms with E-state index in [-0.39, 0.29) is 0 Å². The van der Waals surface area contributed by atoms with Crippen LogP contribution in [0.15, 0.2) is 84.9 Å². The molecule has 0 aliphatic carbocycles. The Bertz CT molecular complexity index is 1330. The number of benzene rings is 4. The van der Waals surface area contributed by atoms with Gasteiger partial charge in [-0.3, -0.25) is 4.57 Å². The van der Waals surface area contributed by atoms with Gasteiger partial charge < -0.3 is 4.67 Å². The Morgan fingerprint density at radius 2 is 1.53 bits per heavy atom. The van der Waals surface area contributed by atoms with Gasteiger partial charge in [0.25, 0.3) is 0 Å². The monoisotopic (exact) mass is 423 g/mol. The molecule has 6 heteroatoms. The zero-order valence-electron chi connectivity index (χ0n) is 16.0. The molecule has 5 rings (SSSR count). The fourth-order valence-corrected chi connectivity index (χ4v) is 7.05. The fourth-order valence-electron chi connectivity index (χ4n) is 4.24. The van der Waals surface area contributed by atoms with E-state index in [2.05, 4.69) is 0 Å². The zero-order chi connectivity index (χ0) is 21.1. The van der Waals surface area contributed by atoms with Gasteiger partial charge in [0, 0.05) is 28.8 Å². The van der Waals surface area contributed by atoms with Gasteiger partial charge >= 0.3 is 6.18 Å². The summed E-state index contributed by atoms with van der Waals surface area (Å²) < 4.78 is 56.5. The van der Waals surface area contributed by atoms with Gasteiger partial charge in [-0.15, -0.1) is 0 Å². The van der Waals surface area contributed by atoms with Crippen LogP contribution in [0.4, 0.5) is 18.9 Å². The SMILES string of the molecule is CN1c2cc(C(F)(F)F)ccc2-c2c(ccc3ccccc23)P1(=O)c1ccccc1. The zero-order valence-corrected chi connectivity index (χ0v) is 16.9. The van der Waals surface area contributed by atoms with E-state index in [9.17, 15) is 17.7 Å². The van der Waals surface area contributed by atoms with E-state index in [4.69, 9.17) is 0 Å². The summed E-state index contributed by atoms with van der Waals surface area (Å²) in [4.78, 5) is 0. The van der Waals surface area contributed by atoms with Gasteiger partial charge in [0.15, 0.2) is 0 Å². The number of alkyl halides is 3. The van der Waals surface area contributed by atoms with E-state index in [1.165, 1.54) is 10.7 Å². The van der Waals surface area contributed by atoms with Crippen LogP contribution in [0.5, 0.6) is 0 Å². The summed E-state index contributed by atoms with van der Waals surface area (Å²) in [6.45, 7) is 0. The lowest BCUT2D eigenvalue weighted by molar-refractivity contribution is -0.137. The molecule has 0 aromatic heterocycles. The molecular weight excluding hydrogens is 406 g/mol.